The maximum Gasteiger partial charge on any atom is 0.184 e. The molecule has 1 fully saturated rings. The lowest BCUT2D eigenvalue weighted by Crippen LogP contribution is -2.10. The fraction of sp³-hybridized carbons (Fsp3) is 0.625. The minimum atomic E-state index is -0.243. The minimum Gasteiger partial charge on any atom is -0.381 e. The van der Waals surface area contributed by atoms with Gasteiger partial charge in [-0.2, -0.15) is 0 Å². The van der Waals surface area contributed by atoms with Crippen LogP contribution in [-0.2, 0) is 14.2 Å². The van der Waals surface area contributed by atoms with Crippen molar-refractivity contribution in [3.63, 3.8) is 0 Å². The Kier molecular flexibility index (Phi) is 9.10. The summed E-state index contributed by atoms with van der Waals surface area (Å²) in [5.74, 6) is 0. The van der Waals surface area contributed by atoms with Crippen molar-refractivity contribution < 1.29 is 14.2 Å². The van der Waals surface area contributed by atoms with Crippen LogP contribution >= 0.6 is 15.9 Å². The number of halogens is 1. The van der Waals surface area contributed by atoms with Gasteiger partial charge >= 0.3 is 0 Å². The molecule has 0 aromatic heterocycles. The molecule has 0 amide bonds. The van der Waals surface area contributed by atoms with Crippen LogP contribution < -0.4 is 0 Å². The molecule has 0 atom stereocenters. The Balaban J connectivity index is 0.000000333. The molecule has 1 aromatic rings. The summed E-state index contributed by atoms with van der Waals surface area (Å²) in [4.78, 5) is 0. The summed E-state index contributed by atoms with van der Waals surface area (Å²) in [7, 11) is 0. The molecule has 0 bridgehead atoms. The molecule has 2 rings (SSSR count). The Hall–Kier alpha value is -0.420. The van der Waals surface area contributed by atoms with Crippen molar-refractivity contribution in [3.05, 3.63) is 33.8 Å². The molecular weight excluding hydrogens is 320 g/mol. The standard InChI is InChI=1S/C12H17BrO2.C4H8O/c1-4-14-12(15-5-2)11-7-6-10(13)8-9(11)3;1-2-4-5-3-1/h6-8,12H,4-5H2,1-3H3;1-4H2. The molecule has 0 aliphatic carbocycles. The van der Waals surface area contributed by atoms with E-state index in [0.29, 0.717) is 13.2 Å². The quantitative estimate of drug-likeness (QED) is 0.729. The smallest absolute Gasteiger partial charge is 0.184 e. The number of ether oxygens (including phenoxy) is 3. The molecule has 1 aliphatic heterocycles. The third-order valence-electron chi connectivity index (χ3n) is 2.95. The lowest BCUT2D eigenvalue weighted by atomic mass is 10.1. The molecule has 0 radical (unpaired) electrons. The number of rotatable bonds is 5. The van der Waals surface area contributed by atoms with Crippen molar-refractivity contribution >= 4 is 15.9 Å². The van der Waals surface area contributed by atoms with Crippen molar-refractivity contribution in [2.75, 3.05) is 26.4 Å². The second-order valence-electron chi connectivity index (χ2n) is 4.56. The Labute approximate surface area is 130 Å². The molecule has 0 saturated carbocycles. The molecule has 3 nitrogen and oxygen atoms in total. The summed E-state index contributed by atoms with van der Waals surface area (Å²) in [5, 5.41) is 0. The van der Waals surface area contributed by atoms with Gasteiger partial charge in [0.15, 0.2) is 6.29 Å². The third-order valence-corrected chi connectivity index (χ3v) is 3.44. The van der Waals surface area contributed by atoms with Crippen LogP contribution in [0.1, 0.15) is 44.1 Å². The van der Waals surface area contributed by atoms with E-state index in [-0.39, 0.29) is 6.29 Å². The van der Waals surface area contributed by atoms with Gasteiger partial charge in [0.05, 0.1) is 0 Å². The largest absolute Gasteiger partial charge is 0.381 e. The summed E-state index contributed by atoms with van der Waals surface area (Å²) >= 11 is 3.44. The van der Waals surface area contributed by atoms with E-state index >= 15 is 0 Å². The average Bonchev–Trinajstić information content (AvgIpc) is 2.98. The topological polar surface area (TPSA) is 27.7 Å². The molecule has 0 N–H and O–H groups in total. The highest BCUT2D eigenvalue weighted by molar-refractivity contribution is 9.10. The SMILES string of the molecule is C1CCOC1.CCOC(OCC)c1ccc(Br)cc1C. The number of benzene rings is 1. The molecule has 1 heterocycles. The van der Waals surface area contributed by atoms with Crippen molar-refractivity contribution in [2.45, 2.75) is 39.9 Å². The highest BCUT2D eigenvalue weighted by atomic mass is 79.9. The maximum absolute atomic E-state index is 5.55. The van der Waals surface area contributed by atoms with Crippen molar-refractivity contribution in [1.82, 2.24) is 0 Å². The summed E-state index contributed by atoms with van der Waals surface area (Å²) < 4.78 is 17.1. The first-order chi connectivity index (χ1) is 9.69. The van der Waals surface area contributed by atoms with Gasteiger partial charge in [0, 0.05) is 36.5 Å². The monoisotopic (exact) mass is 344 g/mol. The van der Waals surface area contributed by atoms with Crippen molar-refractivity contribution in [2.24, 2.45) is 0 Å². The number of hydrogen-bond donors (Lipinski definition) is 0. The van der Waals surface area contributed by atoms with E-state index in [1.165, 1.54) is 18.4 Å². The van der Waals surface area contributed by atoms with Crippen LogP contribution in [0.15, 0.2) is 22.7 Å². The van der Waals surface area contributed by atoms with Gasteiger partial charge in [-0.15, -0.1) is 0 Å². The first kappa shape index (κ1) is 17.6. The van der Waals surface area contributed by atoms with E-state index in [1.54, 1.807) is 0 Å². The van der Waals surface area contributed by atoms with Gasteiger partial charge in [-0.25, -0.2) is 0 Å². The van der Waals surface area contributed by atoms with Gasteiger partial charge in [0.1, 0.15) is 0 Å². The molecule has 20 heavy (non-hydrogen) atoms. The van der Waals surface area contributed by atoms with E-state index < -0.39 is 0 Å². The Morgan fingerprint density at radius 2 is 1.75 bits per heavy atom. The van der Waals surface area contributed by atoms with Gasteiger partial charge < -0.3 is 14.2 Å². The summed E-state index contributed by atoms with van der Waals surface area (Å²) in [5.41, 5.74) is 2.28. The molecule has 1 saturated heterocycles. The van der Waals surface area contributed by atoms with E-state index in [9.17, 15) is 0 Å². The number of aryl methyl sites for hydroxylation is 1. The van der Waals surface area contributed by atoms with Crippen LogP contribution in [0.3, 0.4) is 0 Å². The zero-order valence-electron chi connectivity index (χ0n) is 12.7. The Morgan fingerprint density at radius 1 is 1.15 bits per heavy atom. The van der Waals surface area contributed by atoms with E-state index in [2.05, 4.69) is 28.9 Å². The van der Waals surface area contributed by atoms with Crippen LogP contribution in [0.2, 0.25) is 0 Å². The normalized spacial score (nSPS) is 14.2. The van der Waals surface area contributed by atoms with Gasteiger partial charge in [0.25, 0.3) is 0 Å². The minimum absolute atomic E-state index is 0.243. The van der Waals surface area contributed by atoms with Crippen LogP contribution in [0.5, 0.6) is 0 Å². The van der Waals surface area contributed by atoms with Crippen LogP contribution in [0.4, 0.5) is 0 Å². The molecule has 0 spiro atoms. The zero-order valence-corrected chi connectivity index (χ0v) is 14.2. The van der Waals surface area contributed by atoms with E-state index in [4.69, 9.17) is 14.2 Å². The molecule has 1 aromatic carbocycles. The van der Waals surface area contributed by atoms with Gasteiger partial charge in [0.2, 0.25) is 0 Å². The lowest BCUT2D eigenvalue weighted by molar-refractivity contribution is -0.140. The lowest BCUT2D eigenvalue weighted by Gasteiger charge is -2.19. The molecule has 4 heteroatoms. The van der Waals surface area contributed by atoms with E-state index in [0.717, 1.165) is 23.2 Å². The van der Waals surface area contributed by atoms with Crippen LogP contribution in [-0.4, -0.2) is 26.4 Å². The van der Waals surface area contributed by atoms with Gasteiger partial charge in [-0.3, -0.25) is 0 Å². The predicted molar refractivity (Wildman–Crippen MR) is 84.9 cm³/mol. The molecule has 114 valence electrons. The Morgan fingerprint density at radius 3 is 2.15 bits per heavy atom. The fourth-order valence-corrected chi connectivity index (χ4v) is 2.42. The highest BCUT2D eigenvalue weighted by Gasteiger charge is 2.13. The Bertz CT molecular complexity index is 364. The summed E-state index contributed by atoms with van der Waals surface area (Å²) in [6.07, 6.45) is 2.31. The second kappa shape index (κ2) is 10.3. The third kappa shape index (κ3) is 6.35. The first-order valence-corrected chi connectivity index (χ1v) is 8.05. The predicted octanol–water partition coefficient (Wildman–Crippen LogP) is 4.63. The average molecular weight is 345 g/mol. The van der Waals surface area contributed by atoms with Crippen molar-refractivity contribution in [3.8, 4) is 0 Å². The molecule has 1 aliphatic rings. The van der Waals surface area contributed by atoms with Crippen LogP contribution in [0, 0.1) is 6.92 Å². The maximum atomic E-state index is 5.55. The zero-order chi connectivity index (χ0) is 14.8. The summed E-state index contributed by atoms with van der Waals surface area (Å²) in [6.45, 7) is 9.31. The summed E-state index contributed by atoms with van der Waals surface area (Å²) in [6, 6.07) is 6.11. The van der Waals surface area contributed by atoms with Crippen LogP contribution in [0.25, 0.3) is 0 Å². The van der Waals surface area contributed by atoms with Gasteiger partial charge in [-0.05, 0) is 51.3 Å². The first-order valence-electron chi connectivity index (χ1n) is 7.26. The van der Waals surface area contributed by atoms with Crippen molar-refractivity contribution in [1.29, 1.82) is 0 Å². The van der Waals surface area contributed by atoms with E-state index in [1.807, 2.05) is 26.0 Å². The fourth-order valence-electron chi connectivity index (χ4n) is 1.94. The molecule has 0 unspecified atom stereocenters. The second-order valence-corrected chi connectivity index (χ2v) is 5.48. The van der Waals surface area contributed by atoms with Gasteiger partial charge in [-0.1, -0.05) is 22.0 Å². The number of hydrogen-bond acceptors (Lipinski definition) is 3. The highest BCUT2D eigenvalue weighted by Crippen LogP contribution is 2.25. The molecular formula is C16H25BrO3.